The minimum absolute atomic E-state index is 0.0219. The summed E-state index contributed by atoms with van der Waals surface area (Å²) in [5.74, 6) is 1.91. The van der Waals surface area contributed by atoms with Gasteiger partial charge in [0.25, 0.3) is 6.71 Å². The van der Waals surface area contributed by atoms with Crippen LogP contribution in [0.1, 0.15) is 131 Å². The first-order valence-corrected chi connectivity index (χ1v) is 26.0. The molecule has 346 valence electrons. The van der Waals surface area contributed by atoms with Crippen molar-refractivity contribution in [2.45, 2.75) is 130 Å². The lowest BCUT2D eigenvalue weighted by Gasteiger charge is -2.44. The number of benzene rings is 6. The fourth-order valence-electron chi connectivity index (χ4n) is 11.9. The van der Waals surface area contributed by atoms with Crippen molar-refractivity contribution >= 4 is 99.9 Å². The van der Waals surface area contributed by atoms with Crippen molar-refractivity contribution in [1.29, 1.82) is 0 Å². The molecule has 5 heterocycles. The molecule has 0 N–H and O–H groups in total. The molecule has 0 saturated heterocycles. The molecule has 0 fully saturated rings. The molecule has 0 saturated carbocycles. The monoisotopic (exact) mass is 921 g/mol. The minimum Gasteiger partial charge on any atom is -0.311 e. The third-order valence-electron chi connectivity index (χ3n) is 16.1. The van der Waals surface area contributed by atoms with Gasteiger partial charge < -0.3 is 4.90 Å². The summed E-state index contributed by atoms with van der Waals surface area (Å²) in [5.41, 5.74) is 17.8. The van der Waals surface area contributed by atoms with E-state index in [1.165, 1.54) is 93.5 Å². The lowest BCUT2D eigenvalue weighted by atomic mass is 9.36. The zero-order valence-electron chi connectivity index (χ0n) is 42.9. The third-order valence-corrected chi connectivity index (χ3v) is 17.3. The lowest BCUT2D eigenvalue weighted by Crippen LogP contribution is -2.61. The van der Waals surface area contributed by atoms with Gasteiger partial charge in [-0.25, -0.2) is 4.98 Å². The molecule has 0 bridgehead atoms. The van der Waals surface area contributed by atoms with E-state index in [2.05, 4.69) is 238 Å². The van der Waals surface area contributed by atoms with Crippen molar-refractivity contribution in [3.05, 3.63) is 161 Å². The first kappa shape index (κ1) is 44.1. The molecular formula is C63H65BN4S. The number of anilines is 6. The van der Waals surface area contributed by atoms with Crippen LogP contribution < -0.4 is 25.5 Å². The number of hydrogen-bond donors (Lipinski definition) is 0. The first-order valence-electron chi connectivity index (χ1n) is 25.2. The van der Waals surface area contributed by atoms with Gasteiger partial charge in [0, 0.05) is 54.5 Å². The zero-order valence-corrected chi connectivity index (χ0v) is 43.7. The van der Waals surface area contributed by atoms with Gasteiger partial charge in [0.2, 0.25) is 0 Å². The second-order valence-corrected chi connectivity index (χ2v) is 25.9. The second-order valence-electron chi connectivity index (χ2n) is 24.8. The summed E-state index contributed by atoms with van der Waals surface area (Å²) < 4.78 is 5.11. The highest BCUT2D eigenvalue weighted by atomic mass is 32.1. The van der Waals surface area contributed by atoms with Gasteiger partial charge in [-0.05, 0) is 133 Å². The molecular weight excluding hydrogens is 856 g/mol. The van der Waals surface area contributed by atoms with Crippen LogP contribution in [0.5, 0.6) is 0 Å². The van der Waals surface area contributed by atoms with Crippen molar-refractivity contribution in [2.75, 3.05) is 9.80 Å². The fraction of sp³-hybridized carbons (Fsp3) is 0.317. The molecule has 2 aliphatic heterocycles. The van der Waals surface area contributed by atoms with E-state index in [1.54, 1.807) is 0 Å². The van der Waals surface area contributed by atoms with Crippen molar-refractivity contribution in [3.8, 4) is 5.82 Å². The molecule has 0 atom stereocenters. The van der Waals surface area contributed by atoms with E-state index >= 15 is 0 Å². The number of fused-ring (bicyclic) bond motifs is 10. The molecule has 12 rings (SSSR count). The summed E-state index contributed by atoms with van der Waals surface area (Å²) in [6.45, 7) is 30.7. The number of pyridine rings is 1. The molecule has 1 aliphatic carbocycles. The number of aromatic nitrogens is 2. The van der Waals surface area contributed by atoms with E-state index in [0.717, 1.165) is 34.8 Å². The Kier molecular flexibility index (Phi) is 9.41. The van der Waals surface area contributed by atoms with Gasteiger partial charge >= 0.3 is 0 Å². The summed E-state index contributed by atoms with van der Waals surface area (Å²) >= 11 is 1.98. The molecule has 0 radical (unpaired) electrons. The quantitative estimate of drug-likeness (QED) is 0.165. The van der Waals surface area contributed by atoms with Gasteiger partial charge in [0.1, 0.15) is 11.6 Å². The highest BCUT2D eigenvalue weighted by Gasteiger charge is 2.48. The Hall–Kier alpha value is -6.11. The Bertz CT molecular complexity index is 3530. The van der Waals surface area contributed by atoms with Crippen LogP contribution in [0.25, 0.3) is 37.7 Å². The van der Waals surface area contributed by atoms with Crippen LogP contribution in [0.4, 0.5) is 34.3 Å². The Morgan fingerprint density at radius 3 is 1.72 bits per heavy atom. The maximum absolute atomic E-state index is 6.13. The molecule has 0 spiro atoms. The minimum atomic E-state index is -0.0506. The second kappa shape index (κ2) is 14.7. The maximum atomic E-state index is 6.13. The number of hydrogen-bond acceptors (Lipinski definition) is 4. The molecule has 69 heavy (non-hydrogen) atoms. The van der Waals surface area contributed by atoms with E-state index in [4.69, 9.17) is 4.98 Å². The van der Waals surface area contributed by atoms with Gasteiger partial charge in [-0.2, -0.15) is 0 Å². The van der Waals surface area contributed by atoms with Crippen molar-refractivity contribution < 1.29 is 0 Å². The first-order chi connectivity index (χ1) is 32.6. The van der Waals surface area contributed by atoms with Gasteiger partial charge in [-0.15, -0.1) is 11.3 Å². The SMILES string of the molecule is CC(C)(C)c1ccc(N2c3ccc(C(C)(C)C)cc3B3c4sc5ccc(C(C)(C)C)cc5c4N(c4ccc5c(c4)C(C)(C)CCC5(C)C)c4nc(-n5c6ccccc6c6ccccc65)cc2c43)cc1. The predicted molar refractivity (Wildman–Crippen MR) is 299 cm³/mol. The molecule has 6 heteroatoms. The number of para-hydroxylation sites is 2. The average Bonchev–Trinajstić information content (AvgIpc) is 3.85. The lowest BCUT2D eigenvalue weighted by molar-refractivity contribution is 0.332. The van der Waals surface area contributed by atoms with Gasteiger partial charge in [0.05, 0.1) is 16.7 Å². The average molecular weight is 921 g/mol. The summed E-state index contributed by atoms with van der Waals surface area (Å²) in [5, 5.41) is 3.75. The van der Waals surface area contributed by atoms with Crippen LogP contribution in [0, 0.1) is 0 Å². The van der Waals surface area contributed by atoms with E-state index in [0.29, 0.717) is 0 Å². The van der Waals surface area contributed by atoms with Crippen LogP contribution in [-0.2, 0) is 27.1 Å². The summed E-state index contributed by atoms with van der Waals surface area (Å²) in [6.07, 6.45) is 2.32. The molecule has 0 amide bonds. The van der Waals surface area contributed by atoms with Gasteiger partial charge in [-0.1, -0.05) is 163 Å². The Morgan fingerprint density at radius 2 is 1.09 bits per heavy atom. The Balaban J connectivity index is 1.26. The van der Waals surface area contributed by atoms with Crippen molar-refractivity contribution in [2.24, 2.45) is 0 Å². The van der Waals surface area contributed by atoms with Crippen LogP contribution in [-0.4, -0.2) is 16.3 Å². The van der Waals surface area contributed by atoms with E-state index in [-0.39, 0.29) is 33.8 Å². The largest absolute Gasteiger partial charge is 0.311 e. The molecule has 3 aromatic heterocycles. The van der Waals surface area contributed by atoms with Crippen LogP contribution in [0.2, 0.25) is 0 Å². The molecule has 6 aromatic carbocycles. The van der Waals surface area contributed by atoms with Crippen LogP contribution in [0.3, 0.4) is 0 Å². The topological polar surface area (TPSA) is 24.3 Å². The third kappa shape index (κ3) is 6.71. The normalized spacial score (nSPS) is 16.2. The highest BCUT2D eigenvalue weighted by molar-refractivity contribution is 7.33. The van der Waals surface area contributed by atoms with Crippen LogP contribution >= 0.6 is 11.3 Å². The smallest absolute Gasteiger partial charge is 0.266 e. The van der Waals surface area contributed by atoms with Crippen LogP contribution in [0.15, 0.2) is 133 Å². The molecule has 4 nitrogen and oxygen atoms in total. The molecule has 3 aliphatic rings. The Labute approximate surface area is 414 Å². The standard InChI is InChI=1S/C63H65BN4S/c1-59(2,3)38-22-26-41(27-23-38)66-51-30-24-40(61(7,8)9)35-48(51)64-55-52(66)37-54(68-49-20-16-14-18-43(49)44-19-15-17-21-50(44)68)65-58(55)67(42-28-29-46-47(36-42)63(12,13)33-32-62(46,10)11)56-45-34-39(60(4,5)6)25-31-53(45)69-57(56)64/h14-31,34-37H,32-33H2,1-13H3. The predicted octanol–water partition coefficient (Wildman–Crippen LogP) is 15.7. The summed E-state index contributed by atoms with van der Waals surface area (Å²) in [7, 11) is 0. The number of rotatable bonds is 3. The number of thiophene rings is 1. The molecule has 9 aromatic rings. The van der Waals surface area contributed by atoms with Crippen molar-refractivity contribution in [1.82, 2.24) is 9.55 Å². The van der Waals surface area contributed by atoms with E-state index in [9.17, 15) is 0 Å². The highest BCUT2D eigenvalue weighted by Crippen LogP contribution is 2.52. The van der Waals surface area contributed by atoms with Gasteiger partial charge in [-0.3, -0.25) is 9.47 Å². The fourth-order valence-corrected chi connectivity index (χ4v) is 13.2. The Morgan fingerprint density at radius 1 is 0.522 bits per heavy atom. The summed E-state index contributed by atoms with van der Waals surface area (Å²) in [6, 6.07) is 51.5. The number of nitrogens with zero attached hydrogens (tertiary/aromatic N) is 4. The van der Waals surface area contributed by atoms with Gasteiger partial charge in [0.15, 0.2) is 0 Å². The van der Waals surface area contributed by atoms with E-state index in [1.807, 2.05) is 11.3 Å². The summed E-state index contributed by atoms with van der Waals surface area (Å²) in [4.78, 5) is 11.3. The zero-order chi connectivity index (χ0) is 48.3. The molecule has 0 unspecified atom stereocenters. The maximum Gasteiger partial charge on any atom is 0.266 e. The van der Waals surface area contributed by atoms with E-state index < -0.39 is 0 Å². The van der Waals surface area contributed by atoms with Crippen molar-refractivity contribution in [3.63, 3.8) is 0 Å².